The van der Waals surface area contributed by atoms with E-state index >= 15 is 0 Å². The molecule has 3 rings (SSSR count). The highest BCUT2D eigenvalue weighted by Crippen LogP contribution is 2.44. The van der Waals surface area contributed by atoms with E-state index in [-0.39, 0.29) is 5.82 Å². The van der Waals surface area contributed by atoms with E-state index in [4.69, 9.17) is 16.3 Å². The second-order valence-corrected chi connectivity index (χ2v) is 5.63. The number of hydrogen-bond donors (Lipinski definition) is 1. The summed E-state index contributed by atoms with van der Waals surface area (Å²) in [4.78, 5) is 0. The fourth-order valence-corrected chi connectivity index (χ4v) is 3.29. The lowest BCUT2D eigenvalue weighted by atomic mass is 9.92. The van der Waals surface area contributed by atoms with Gasteiger partial charge in [-0.3, -0.25) is 4.68 Å². The van der Waals surface area contributed by atoms with Gasteiger partial charge >= 0.3 is 0 Å². The quantitative estimate of drug-likeness (QED) is 0.944. The van der Waals surface area contributed by atoms with Crippen molar-refractivity contribution in [2.45, 2.75) is 25.0 Å². The number of aromatic nitrogens is 2. The van der Waals surface area contributed by atoms with E-state index in [9.17, 15) is 9.50 Å². The maximum atomic E-state index is 13.3. The van der Waals surface area contributed by atoms with E-state index in [0.29, 0.717) is 42.3 Å². The van der Waals surface area contributed by atoms with E-state index < -0.39 is 5.60 Å². The van der Waals surface area contributed by atoms with Gasteiger partial charge in [0.1, 0.15) is 11.4 Å². The Kier molecular flexibility index (Phi) is 3.73. The molecule has 2 aromatic rings. The van der Waals surface area contributed by atoms with Crippen LogP contribution in [-0.4, -0.2) is 28.6 Å². The molecule has 0 radical (unpaired) electrons. The molecule has 1 aliphatic rings. The third-order valence-electron chi connectivity index (χ3n) is 3.96. The zero-order valence-corrected chi connectivity index (χ0v) is 12.4. The van der Waals surface area contributed by atoms with Crippen molar-refractivity contribution in [3.63, 3.8) is 0 Å². The fraction of sp³-hybridized carbons (Fsp3) is 0.400. The molecule has 1 unspecified atom stereocenters. The predicted molar refractivity (Wildman–Crippen MR) is 76.8 cm³/mol. The molecule has 0 spiro atoms. The molecule has 0 fully saturated rings. The van der Waals surface area contributed by atoms with E-state index in [0.717, 1.165) is 5.56 Å². The first-order valence-electron chi connectivity index (χ1n) is 6.78. The average molecular weight is 311 g/mol. The summed E-state index contributed by atoms with van der Waals surface area (Å²) < 4.78 is 20.1. The Bertz CT molecular complexity index is 674. The van der Waals surface area contributed by atoms with Gasteiger partial charge in [0, 0.05) is 7.11 Å². The van der Waals surface area contributed by atoms with Crippen molar-refractivity contribution < 1.29 is 14.2 Å². The van der Waals surface area contributed by atoms with Crippen molar-refractivity contribution in [1.82, 2.24) is 9.78 Å². The summed E-state index contributed by atoms with van der Waals surface area (Å²) in [5, 5.41) is 15.8. The van der Waals surface area contributed by atoms with Crippen molar-refractivity contribution >= 4 is 11.6 Å². The van der Waals surface area contributed by atoms with E-state index in [1.54, 1.807) is 17.9 Å². The smallest absolute Gasteiger partial charge is 0.133 e. The number of halogens is 2. The first-order valence-corrected chi connectivity index (χ1v) is 7.16. The summed E-state index contributed by atoms with van der Waals surface area (Å²) in [5.41, 5.74) is 0.828. The average Bonchev–Trinajstić information content (AvgIpc) is 2.98. The Morgan fingerprint density at radius 3 is 3.10 bits per heavy atom. The number of aryl methyl sites for hydroxylation is 1. The monoisotopic (exact) mass is 310 g/mol. The minimum Gasteiger partial charge on any atom is -0.383 e. The molecule has 0 aliphatic heterocycles. The van der Waals surface area contributed by atoms with Gasteiger partial charge in [-0.15, -0.1) is 0 Å². The van der Waals surface area contributed by atoms with Crippen LogP contribution in [0.25, 0.3) is 0 Å². The van der Waals surface area contributed by atoms with Crippen LogP contribution in [0, 0.1) is 5.82 Å². The molecule has 1 aromatic heterocycles. The maximum Gasteiger partial charge on any atom is 0.133 e. The number of aliphatic hydroxyl groups is 1. The Morgan fingerprint density at radius 2 is 2.33 bits per heavy atom. The summed E-state index contributed by atoms with van der Waals surface area (Å²) in [7, 11) is 1.60. The number of nitrogens with zero attached hydrogens (tertiary/aromatic N) is 2. The normalized spacial score (nSPS) is 20.8. The van der Waals surface area contributed by atoms with Crippen LogP contribution in [0.3, 0.4) is 0 Å². The van der Waals surface area contributed by atoms with Gasteiger partial charge in [-0.25, -0.2) is 4.39 Å². The Morgan fingerprint density at radius 1 is 1.52 bits per heavy atom. The summed E-state index contributed by atoms with van der Waals surface area (Å²) >= 11 is 6.23. The molecule has 0 amide bonds. The number of fused-ring (bicyclic) bond motifs is 1. The third kappa shape index (κ3) is 2.35. The van der Waals surface area contributed by atoms with Crippen LogP contribution >= 0.6 is 11.6 Å². The fourth-order valence-electron chi connectivity index (χ4n) is 2.99. The summed E-state index contributed by atoms with van der Waals surface area (Å²) in [6.45, 7) is 0.967. The van der Waals surface area contributed by atoms with Crippen LogP contribution < -0.4 is 0 Å². The second kappa shape index (κ2) is 5.40. The molecular formula is C15H16ClFN2O2. The van der Waals surface area contributed by atoms with Gasteiger partial charge in [0.05, 0.1) is 30.1 Å². The Balaban J connectivity index is 2.07. The van der Waals surface area contributed by atoms with Crippen LogP contribution in [-0.2, 0) is 23.3 Å². The largest absolute Gasteiger partial charge is 0.383 e. The summed E-state index contributed by atoms with van der Waals surface area (Å²) in [6, 6.07) is 4.46. The van der Waals surface area contributed by atoms with Gasteiger partial charge in [-0.05, 0) is 36.1 Å². The molecule has 0 saturated carbocycles. The highest BCUT2D eigenvalue weighted by molar-refractivity contribution is 6.31. The van der Waals surface area contributed by atoms with Crippen molar-refractivity contribution in [2.24, 2.45) is 0 Å². The maximum absolute atomic E-state index is 13.3. The van der Waals surface area contributed by atoms with E-state index in [1.165, 1.54) is 18.3 Å². The molecule has 21 heavy (non-hydrogen) atoms. The van der Waals surface area contributed by atoms with Crippen LogP contribution in [0.1, 0.15) is 23.2 Å². The molecule has 0 saturated heterocycles. The Labute approximate surface area is 127 Å². The number of ether oxygens (including phenoxy) is 1. The molecule has 0 bridgehead atoms. The van der Waals surface area contributed by atoms with Gasteiger partial charge in [0.25, 0.3) is 0 Å². The molecule has 4 nitrogen and oxygen atoms in total. The van der Waals surface area contributed by atoms with Crippen LogP contribution in [0.4, 0.5) is 4.39 Å². The van der Waals surface area contributed by atoms with Gasteiger partial charge in [-0.1, -0.05) is 17.7 Å². The van der Waals surface area contributed by atoms with Gasteiger partial charge in [0.15, 0.2) is 0 Å². The van der Waals surface area contributed by atoms with Crippen LogP contribution in [0.15, 0.2) is 24.4 Å². The summed E-state index contributed by atoms with van der Waals surface area (Å²) in [6.07, 6.45) is 2.59. The lowest BCUT2D eigenvalue weighted by molar-refractivity contribution is 0.0704. The van der Waals surface area contributed by atoms with E-state index in [2.05, 4.69) is 5.10 Å². The molecule has 1 N–H and O–H groups in total. The van der Waals surface area contributed by atoms with Gasteiger partial charge in [-0.2, -0.15) is 5.10 Å². The van der Waals surface area contributed by atoms with Crippen molar-refractivity contribution in [2.75, 3.05) is 13.7 Å². The Hall–Kier alpha value is -1.43. The van der Waals surface area contributed by atoms with Crippen LogP contribution in [0.5, 0.6) is 0 Å². The zero-order valence-electron chi connectivity index (χ0n) is 11.6. The summed E-state index contributed by atoms with van der Waals surface area (Å²) in [5.74, 6) is -0.294. The lowest BCUT2D eigenvalue weighted by Gasteiger charge is -2.26. The molecular weight excluding hydrogens is 295 g/mol. The first-order chi connectivity index (χ1) is 10.1. The zero-order chi connectivity index (χ0) is 15.0. The van der Waals surface area contributed by atoms with E-state index in [1.807, 2.05) is 0 Å². The molecule has 1 aliphatic carbocycles. The molecule has 1 heterocycles. The topological polar surface area (TPSA) is 47.3 Å². The molecule has 112 valence electrons. The van der Waals surface area contributed by atoms with Crippen molar-refractivity contribution in [3.05, 3.63) is 52.1 Å². The van der Waals surface area contributed by atoms with Gasteiger partial charge < -0.3 is 9.84 Å². The van der Waals surface area contributed by atoms with Gasteiger partial charge in [0.2, 0.25) is 0 Å². The minimum atomic E-state index is -1.23. The standard InChI is InChI=1S/C15H16ClFN2O2/c1-21-7-6-19-14(13(16)9-18-19)15(20)5-4-10-8-11(17)2-3-12(10)15/h2-3,8-9,20H,4-7H2,1H3. The lowest BCUT2D eigenvalue weighted by Crippen LogP contribution is -2.29. The number of rotatable bonds is 4. The molecule has 1 atom stereocenters. The highest BCUT2D eigenvalue weighted by Gasteiger charge is 2.42. The number of hydrogen-bond acceptors (Lipinski definition) is 3. The third-order valence-corrected chi connectivity index (χ3v) is 4.24. The number of benzene rings is 1. The second-order valence-electron chi connectivity index (χ2n) is 5.22. The van der Waals surface area contributed by atoms with Crippen molar-refractivity contribution in [3.8, 4) is 0 Å². The highest BCUT2D eigenvalue weighted by atomic mass is 35.5. The SMILES string of the molecule is COCCn1ncc(Cl)c1C1(O)CCc2cc(F)ccc21. The molecule has 6 heteroatoms. The number of methoxy groups -OCH3 is 1. The molecule has 1 aromatic carbocycles. The van der Waals surface area contributed by atoms with Crippen molar-refractivity contribution in [1.29, 1.82) is 0 Å². The predicted octanol–water partition coefficient (Wildman–Crippen LogP) is 2.50. The first kappa shape index (κ1) is 14.5. The minimum absolute atomic E-state index is 0.294. The van der Waals surface area contributed by atoms with Crippen LogP contribution in [0.2, 0.25) is 5.02 Å².